The topological polar surface area (TPSA) is 48.2 Å². The standard InChI is InChI=1S/C12H8Cl2NO2S/c13-9-1-5-11(6-2-9)15-18(16,17)12-7-3-10(14)4-8-12/h1-8H/q-1. The Morgan fingerprint density at radius 1 is 0.778 bits per heavy atom. The lowest BCUT2D eigenvalue weighted by atomic mass is 10.3. The van der Waals surface area contributed by atoms with E-state index in [9.17, 15) is 8.42 Å². The fourth-order valence-electron chi connectivity index (χ4n) is 1.30. The molecular weight excluding hydrogens is 293 g/mol. The van der Waals surface area contributed by atoms with Crippen molar-refractivity contribution < 1.29 is 8.42 Å². The molecule has 0 saturated carbocycles. The van der Waals surface area contributed by atoms with Crippen molar-refractivity contribution in [3.8, 4) is 0 Å². The summed E-state index contributed by atoms with van der Waals surface area (Å²) in [5, 5.41) is 0.998. The van der Waals surface area contributed by atoms with Crippen LogP contribution < -0.4 is 0 Å². The highest BCUT2D eigenvalue weighted by Crippen LogP contribution is 2.29. The van der Waals surface area contributed by atoms with Gasteiger partial charge in [0.25, 0.3) is 0 Å². The first-order valence-electron chi connectivity index (χ1n) is 4.96. The van der Waals surface area contributed by atoms with E-state index in [1.165, 1.54) is 36.4 Å². The average molecular weight is 301 g/mol. The summed E-state index contributed by atoms with van der Waals surface area (Å²) in [4.78, 5) is 0.0989. The van der Waals surface area contributed by atoms with Crippen LogP contribution in [0, 0.1) is 0 Å². The van der Waals surface area contributed by atoms with Gasteiger partial charge in [0.05, 0.1) is 4.90 Å². The van der Waals surface area contributed by atoms with Crippen molar-refractivity contribution in [1.29, 1.82) is 0 Å². The maximum absolute atomic E-state index is 12.0. The van der Waals surface area contributed by atoms with Gasteiger partial charge in [-0.15, -0.1) is 5.69 Å². The van der Waals surface area contributed by atoms with Gasteiger partial charge in [0, 0.05) is 10.0 Å². The van der Waals surface area contributed by atoms with E-state index >= 15 is 0 Å². The number of sulfonamides is 1. The smallest absolute Gasteiger partial charge is 0.123 e. The molecule has 0 heterocycles. The highest BCUT2D eigenvalue weighted by Gasteiger charge is 2.04. The van der Waals surface area contributed by atoms with Crippen LogP contribution in [0.4, 0.5) is 5.69 Å². The molecule has 0 radical (unpaired) electrons. The number of hydrogen-bond donors (Lipinski definition) is 0. The van der Waals surface area contributed by atoms with E-state index in [0.29, 0.717) is 15.7 Å². The van der Waals surface area contributed by atoms with E-state index in [1.807, 2.05) is 0 Å². The van der Waals surface area contributed by atoms with E-state index in [-0.39, 0.29) is 4.90 Å². The fourth-order valence-corrected chi connectivity index (χ4v) is 2.54. The van der Waals surface area contributed by atoms with Gasteiger partial charge in [-0.25, -0.2) is 8.42 Å². The molecule has 3 nitrogen and oxygen atoms in total. The number of benzene rings is 2. The van der Waals surface area contributed by atoms with Crippen LogP contribution in [0.15, 0.2) is 53.4 Å². The van der Waals surface area contributed by atoms with Gasteiger partial charge < -0.3 is 4.72 Å². The van der Waals surface area contributed by atoms with Crippen molar-refractivity contribution in [2.24, 2.45) is 0 Å². The van der Waals surface area contributed by atoms with Crippen LogP contribution in [0.25, 0.3) is 4.72 Å². The first-order chi connectivity index (χ1) is 8.47. The van der Waals surface area contributed by atoms with Crippen molar-refractivity contribution >= 4 is 38.9 Å². The SMILES string of the molecule is O=S(=O)([N-]c1ccc(Cl)cc1)c1ccc(Cl)cc1. The van der Waals surface area contributed by atoms with Crippen LogP contribution >= 0.6 is 23.2 Å². The van der Waals surface area contributed by atoms with E-state index in [2.05, 4.69) is 4.72 Å². The van der Waals surface area contributed by atoms with Crippen molar-refractivity contribution in [2.75, 3.05) is 0 Å². The van der Waals surface area contributed by atoms with Crippen LogP contribution in [0.2, 0.25) is 10.0 Å². The second-order valence-corrected chi connectivity index (χ2v) is 5.97. The van der Waals surface area contributed by atoms with Crippen molar-refractivity contribution in [2.45, 2.75) is 4.90 Å². The molecule has 0 saturated heterocycles. The molecule has 0 aliphatic heterocycles. The van der Waals surface area contributed by atoms with Gasteiger partial charge in [-0.2, -0.15) is 0 Å². The molecule has 0 aliphatic rings. The van der Waals surface area contributed by atoms with Crippen LogP contribution in [0.1, 0.15) is 0 Å². The highest BCUT2D eigenvalue weighted by atomic mass is 35.5. The molecule has 2 rings (SSSR count). The lowest BCUT2D eigenvalue weighted by molar-refractivity contribution is 0.603. The van der Waals surface area contributed by atoms with Crippen molar-refractivity contribution in [3.63, 3.8) is 0 Å². The minimum absolute atomic E-state index is 0.0989. The largest absolute Gasteiger partial charge is 0.573 e. The third-order valence-corrected chi connectivity index (χ3v) is 3.99. The zero-order valence-corrected chi connectivity index (χ0v) is 11.4. The van der Waals surface area contributed by atoms with Gasteiger partial charge in [0.2, 0.25) is 0 Å². The Hall–Kier alpha value is -1.23. The van der Waals surface area contributed by atoms with Gasteiger partial charge >= 0.3 is 0 Å². The molecule has 0 bridgehead atoms. The first kappa shape index (κ1) is 13.2. The van der Waals surface area contributed by atoms with Gasteiger partial charge in [-0.1, -0.05) is 35.3 Å². The molecule has 0 aromatic heterocycles. The van der Waals surface area contributed by atoms with Gasteiger partial charge in [-0.05, 0) is 36.4 Å². The molecule has 2 aromatic carbocycles. The lowest BCUT2D eigenvalue weighted by Crippen LogP contribution is -1.97. The molecule has 0 atom stereocenters. The summed E-state index contributed by atoms with van der Waals surface area (Å²) < 4.78 is 27.6. The maximum Gasteiger partial charge on any atom is 0.123 e. The molecule has 0 N–H and O–H groups in total. The second kappa shape index (κ2) is 5.18. The molecular formula is C12H8Cl2NO2S-. The average Bonchev–Trinajstić information content (AvgIpc) is 2.32. The zero-order valence-electron chi connectivity index (χ0n) is 9.05. The van der Waals surface area contributed by atoms with Crippen molar-refractivity contribution in [3.05, 3.63) is 63.3 Å². The van der Waals surface area contributed by atoms with Crippen LogP contribution in [0.5, 0.6) is 0 Å². The Labute approximate surface area is 115 Å². The fraction of sp³-hybridized carbons (Fsp3) is 0. The molecule has 0 aliphatic carbocycles. The maximum atomic E-state index is 12.0. The predicted octanol–water partition coefficient (Wildman–Crippen LogP) is 4.39. The molecule has 0 spiro atoms. The zero-order chi connectivity index (χ0) is 13.2. The third kappa shape index (κ3) is 3.16. The van der Waals surface area contributed by atoms with E-state index in [1.54, 1.807) is 12.1 Å². The molecule has 6 heteroatoms. The lowest BCUT2D eigenvalue weighted by Gasteiger charge is -2.21. The predicted molar refractivity (Wildman–Crippen MR) is 73.1 cm³/mol. The summed E-state index contributed by atoms with van der Waals surface area (Å²) >= 11 is 11.4. The summed E-state index contributed by atoms with van der Waals surface area (Å²) in [7, 11) is -3.72. The minimum Gasteiger partial charge on any atom is -0.573 e. The summed E-state index contributed by atoms with van der Waals surface area (Å²) in [6, 6.07) is 12.1. The Kier molecular flexibility index (Phi) is 3.80. The van der Waals surface area contributed by atoms with Gasteiger partial charge in [-0.3, -0.25) is 0 Å². The van der Waals surface area contributed by atoms with Crippen LogP contribution in [-0.2, 0) is 10.0 Å². The Morgan fingerprint density at radius 2 is 1.22 bits per heavy atom. The number of halogens is 2. The van der Waals surface area contributed by atoms with Crippen LogP contribution in [0.3, 0.4) is 0 Å². The summed E-state index contributed by atoms with van der Waals surface area (Å²) in [5.41, 5.74) is 0.328. The minimum atomic E-state index is -3.72. The molecule has 18 heavy (non-hydrogen) atoms. The summed E-state index contributed by atoms with van der Waals surface area (Å²) in [5.74, 6) is 0. The van der Waals surface area contributed by atoms with E-state index in [0.717, 1.165) is 0 Å². The highest BCUT2D eigenvalue weighted by molar-refractivity contribution is 7.94. The summed E-state index contributed by atoms with van der Waals surface area (Å²) in [6.07, 6.45) is 0. The molecule has 0 unspecified atom stereocenters. The number of rotatable bonds is 3. The number of hydrogen-bond acceptors (Lipinski definition) is 2. The number of nitrogens with zero attached hydrogens (tertiary/aromatic N) is 1. The van der Waals surface area contributed by atoms with Crippen molar-refractivity contribution in [1.82, 2.24) is 0 Å². The van der Waals surface area contributed by atoms with Crippen LogP contribution in [-0.4, -0.2) is 8.42 Å². The normalized spacial score (nSPS) is 11.2. The van der Waals surface area contributed by atoms with Gasteiger partial charge in [0.1, 0.15) is 10.0 Å². The van der Waals surface area contributed by atoms with E-state index in [4.69, 9.17) is 23.2 Å². The Morgan fingerprint density at radius 3 is 1.72 bits per heavy atom. The third-order valence-electron chi connectivity index (χ3n) is 2.16. The monoisotopic (exact) mass is 300 g/mol. The molecule has 0 fully saturated rings. The Balaban J connectivity index is 2.27. The summed E-state index contributed by atoms with van der Waals surface area (Å²) in [6.45, 7) is 0. The molecule has 2 aromatic rings. The van der Waals surface area contributed by atoms with Gasteiger partial charge in [0.15, 0.2) is 0 Å². The second-order valence-electron chi connectivity index (χ2n) is 3.50. The Bertz CT molecular complexity index is 637. The molecule has 94 valence electrons. The quantitative estimate of drug-likeness (QED) is 0.844. The molecule has 0 amide bonds. The first-order valence-corrected chi connectivity index (χ1v) is 7.16. The van der Waals surface area contributed by atoms with E-state index < -0.39 is 10.0 Å².